The van der Waals surface area contributed by atoms with Crippen LogP contribution in [0, 0.1) is 11.7 Å². The lowest BCUT2D eigenvalue weighted by atomic mass is 10.1. The second-order valence-corrected chi connectivity index (χ2v) is 9.84. The van der Waals surface area contributed by atoms with Gasteiger partial charge in [-0.1, -0.05) is 44.2 Å². The summed E-state index contributed by atoms with van der Waals surface area (Å²) >= 11 is 0. The Kier molecular flexibility index (Phi) is 8.28. The van der Waals surface area contributed by atoms with Crippen molar-refractivity contribution in [1.29, 1.82) is 0 Å². The van der Waals surface area contributed by atoms with Gasteiger partial charge in [-0.15, -0.1) is 0 Å². The van der Waals surface area contributed by atoms with E-state index >= 15 is 0 Å². The Balaban J connectivity index is 1.86. The van der Waals surface area contributed by atoms with Crippen LogP contribution in [0.25, 0.3) is 0 Å². The fourth-order valence-electron chi connectivity index (χ4n) is 3.35. The van der Waals surface area contributed by atoms with Gasteiger partial charge >= 0.3 is 10.1 Å². The van der Waals surface area contributed by atoms with Crippen LogP contribution in [0.2, 0.25) is 0 Å². The first-order valence-corrected chi connectivity index (χ1v) is 12.3. The molecular weight excluding hydrogens is 457 g/mol. The summed E-state index contributed by atoms with van der Waals surface area (Å²) in [6, 6.07) is 18.5. The molecule has 6 nitrogen and oxygen atoms in total. The maximum absolute atomic E-state index is 13.3. The topological polar surface area (TPSA) is 72.9 Å². The van der Waals surface area contributed by atoms with Crippen LogP contribution < -0.4 is 8.92 Å². The SMILES string of the molecule is COc1ccc(S(=O)(=O)Oc2ccccc2CN(Cc2ccc(F)cc2)C(=O)CC(C)C)cc1. The zero-order valence-corrected chi connectivity index (χ0v) is 20.2. The molecule has 34 heavy (non-hydrogen) atoms. The maximum atomic E-state index is 13.3. The molecule has 0 unspecified atom stereocenters. The van der Waals surface area contributed by atoms with E-state index in [1.165, 1.54) is 43.5 Å². The van der Waals surface area contributed by atoms with E-state index < -0.39 is 10.1 Å². The molecule has 0 radical (unpaired) electrons. The molecule has 0 heterocycles. The molecule has 0 fully saturated rings. The average Bonchev–Trinajstić information content (AvgIpc) is 2.80. The summed E-state index contributed by atoms with van der Waals surface area (Å²) in [6.07, 6.45) is 0.328. The van der Waals surface area contributed by atoms with Crippen molar-refractivity contribution in [2.24, 2.45) is 5.92 Å². The number of methoxy groups -OCH3 is 1. The number of rotatable bonds is 10. The summed E-state index contributed by atoms with van der Waals surface area (Å²) in [5.41, 5.74) is 1.31. The molecule has 0 saturated carbocycles. The smallest absolute Gasteiger partial charge is 0.339 e. The molecule has 0 bridgehead atoms. The highest BCUT2D eigenvalue weighted by molar-refractivity contribution is 7.87. The van der Waals surface area contributed by atoms with Crippen molar-refractivity contribution in [3.8, 4) is 11.5 Å². The number of para-hydroxylation sites is 1. The van der Waals surface area contributed by atoms with Crippen LogP contribution in [0.5, 0.6) is 11.5 Å². The predicted molar refractivity (Wildman–Crippen MR) is 127 cm³/mol. The van der Waals surface area contributed by atoms with Crippen molar-refractivity contribution in [2.75, 3.05) is 7.11 Å². The summed E-state index contributed by atoms with van der Waals surface area (Å²) in [5.74, 6) is 0.364. The Labute approximate surface area is 200 Å². The average molecular weight is 486 g/mol. The number of hydrogen-bond acceptors (Lipinski definition) is 5. The van der Waals surface area contributed by atoms with Gasteiger partial charge < -0.3 is 13.8 Å². The van der Waals surface area contributed by atoms with Gasteiger partial charge in [-0.2, -0.15) is 8.42 Å². The molecule has 0 atom stereocenters. The van der Waals surface area contributed by atoms with Crippen LogP contribution in [-0.4, -0.2) is 26.3 Å². The Morgan fingerprint density at radius 2 is 1.59 bits per heavy atom. The van der Waals surface area contributed by atoms with Crippen molar-refractivity contribution in [3.05, 3.63) is 89.7 Å². The minimum atomic E-state index is -4.10. The van der Waals surface area contributed by atoms with E-state index in [1.54, 1.807) is 41.3 Å². The van der Waals surface area contributed by atoms with E-state index in [9.17, 15) is 17.6 Å². The number of halogens is 1. The lowest BCUT2D eigenvalue weighted by Gasteiger charge is -2.25. The van der Waals surface area contributed by atoms with E-state index in [1.807, 2.05) is 13.8 Å². The largest absolute Gasteiger partial charge is 0.497 e. The quantitative estimate of drug-likeness (QED) is 0.370. The molecule has 3 rings (SSSR count). The van der Waals surface area contributed by atoms with Crippen molar-refractivity contribution >= 4 is 16.0 Å². The Bertz CT molecular complexity index is 1210. The molecule has 0 saturated heterocycles. The third-order valence-corrected chi connectivity index (χ3v) is 6.35. The Morgan fingerprint density at radius 1 is 0.941 bits per heavy atom. The number of amides is 1. The highest BCUT2D eigenvalue weighted by Crippen LogP contribution is 2.26. The number of nitrogens with zero attached hydrogens (tertiary/aromatic N) is 1. The third kappa shape index (κ3) is 6.81. The second kappa shape index (κ2) is 11.2. The van der Waals surface area contributed by atoms with E-state index in [2.05, 4.69) is 0 Å². The monoisotopic (exact) mass is 485 g/mol. The summed E-state index contributed by atoms with van der Waals surface area (Å²) in [4.78, 5) is 14.6. The zero-order chi connectivity index (χ0) is 24.7. The normalized spacial score (nSPS) is 11.3. The number of benzene rings is 3. The minimum Gasteiger partial charge on any atom is -0.497 e. The van der Waals surface area contributed by atoms with Gasteiger partial charge in [0.1, 0.15) is 22.2 Å². The van der Waals surface area contributed by atoms with Crippen molar-refractivity contribution in [3.63, 3.8) is 0 Å². The van der Waals surface area contributed by atoms with Gasteiger partial charge in [-0.3, -0.25) is 4.79 Å². The summed E-state index contributed by atoms with van der Waals surface area (Å²) in [6.45, 7) is 4.29. The van der Waals surface area contributed by atoms with Gasteiger partial charge in [0.05, 0.1) is 7.11 Å². The Hall–Kier alpha value is -3.39. The predicted octanol–water partition coefficient (Wildman–Crippen LogP) is 5.18. The van der Waals surface area contributed by atoms with Crippen LogP contribution in [0.1, 0.15) is 31.4 Å². The molecule has 3 aromatic carbocycles. The molecule has 0 N–H and O–H groups in total. The molecule has 1 amide bonds. The molecular formula is C26H28FNO5S. The fourth-order valence-corrected chi connectivity index (χ4v) is 4.32. The highest BCUT2D eigenvalue weighted by Gasteiger charge is 2.22. The van der Waals surface area contributed by atoms with E-state index in [0.29, 0.717) is 17.7 Å². The van der Waals surface area contributed by atoms with E-state index in [-0.39, 0.29) is 41.4 Å². The lowest BCUT2D eigenvalue weighted by Crippen LogP contribution is -2.31. The highest BCUT2D eigenvalue weighted by atomic mass is 32.2. The molecule has 0 aromatic heterocycles. The van der Waals surface area contributed by atoms with Crippen molar-refractivity contribution in [1.82, 2.24) is 4.90 Å². The van der Waals surface area contributed by atoms with E-state index in [0.717, 1.165) is 5.56 Å². The lowest BCUT2D eigenvalue weighted by molar-refractivity contribution is -0.133. The molecule has 0 aliphatic carbocycles. The van der Waals surface area contributed by atoms with E-state index in [4.69, 9.17) is 8.92 Å². The first-order valence-electron chi connectivity index (χ1n) is 10.9. The van der Waals surface area contributed by atoms with Crippen molar-refractivity contribution in [2.45, 2.75) is 38.3 Å². The van der Waals surface area contributed by atoms with Gasteiger partial charge in [-0.25, -0.2) is 4.39 Å². The number of ether oxygens (including phenoxy) is 1. The summed E-state index contributed by atoms with van der Waals surface area (Å²) < 4.78 is 49.6. The maximum Gasteiger partial charge on any atom is 0.339 e. The number of carbonyl (C=O) groups is 1. The molecule has 180 valence electrons. The number of carbonyl (C=O) groups excluding carboxylic acids is 1. The third-order valence-electron chi connectivity index (χ3n) is 5.10. The van der Waals surface area contributed by atoms with Crippen LogP contribution in [0.3, 0.4) is 0 Å². The fraction of sp³-hybridized carbons (Fsp3) is 0.269. The zero-order valence-electron chi connectivity index (χ0n) is 19.4. The first-order chi connectivity index (χ1) is 16.2. The van der Waals surface area contributed by atoms with Gasteiger partial charge in [0.2, 0.25) is 5.91 Å². The summed E-state index contributed by atoms with van der Waals surface area (Å²) in [7, 11) is -2.61. The molecule has 8 heteroatoms. The van der Waals surface area contributed by atoms with Crippen LogP contribution in [0.4, 0.5) is 4.39 Å². The van der Waals surface area contributed by atoms with Crippen molar-refractivity contribution < 1.29 is 26.5 Å². The molecule has 0 aliphatic heterocycles. The summed E-state index contributed by atoms with van der Waals surface area (Å²) in [5, 5.41) is 0. The van der Waals surface area contributed by atoms with Gasteiger partial charge in [0.15, 0.2) is 0 Å². The van der Waals surface area contributed by atoms with Crippen LogP contribution >= 0.6 is 0 Å². The van der Waals surface area contributed by atoms with Gasteiger partial charge in [0, 0.05) is 25.1 Å². The van der Waals surface area contributed by atoms with Gasteiger partial charge in [-0.05, 0) is 53.9 Å². The standard InChI is InChI=1S/C26H28FNO5S/c1-19(2)16-26(29)28(17-20-8-10-22(27)11-9-20)18-21-6-4-5-7-25(21)33-34(30,31)24-14-12-23(32-3)13-15-24/h4-15,19H,16-18H2,1-3H3. The molecule has 0 spiro atoms. The van der Waals surface area contributed by atoms with Crippen LogP contribution in [0.15, 0.2) is 77.7 Å². The minimum absolute atomic E-state index is 0.0119. The molecule has 0 aliphatic rings. The first kappa shape index (κ1) is 25.2. The Morgan fingerprint density at radius 3 is 2.21 bits per heavy atom. The number of hydrogen-bond donors (Lipinski definition) is 0. The van der Waals surface area contributed by atoms with Gasteiger partial charge in [0.25, 0.3) is 0 Å². The van der Waals surface area contributed by atoms with Crippen LogP contribution in [-0.2, 0) is 28.0 Å². The molecule has 3 aromatic rings. The second-order valence-electron chi connectivity index (χ2n) is 8.29.